The molecule has 2 aromatic rings. The van der Waals surface area contributed by atoms with Crippen molar-refractivity contribution in [2.75, 3.05) is 25.5 Å². The third kappa shape index (κ3) is 5.59. The minimum Gasteiger partial charge on any atom is -0.469 e. The van der Waals surface area contributed by atoms with Gasteiger partial charge in [0.05, 0.1) is 13.0 Å². The van der Waals surface area contributed by atoms with Gasteiger partial charge in [-0.05, 0) is 37.1 Å². The Morgan fingerprint density at radius 3 is 2.45 bits per heavy atom. The minimum absolute atomic E-state index is 0.194. The Morgan fingerprint density at radius 1 is 1.21 bits per heavy atom. The van der Waals surface area contributed by atoms with E-state index < -0.39 is 6.36 Å². The van der Waals surface area contributed by atoms with Gasteiger partial charge in [-0.15, -0.1) is 24.5 Å². The number of nitrogens with one attached hydrogen (secondary N) is 1. The van der Waals surface area contributed by atoms with Gasteiger partial charge in [-0.3, -0.25) is 9.59 Å². The zero-order chi connectivity index (χ0) is 21.0. The molecule has 1 fully saturated rings. The van der Waals surface area contributed by atoms with Gasteiger partial charge in [-0.2, -0.15) is 0 Å². The zero-order valence-electron chi connectivity index (χ0n) is 15.4. The number of ether oxygens (including phenoxy) is 2. The molecule has 1 N–H and O–H groups in total. The molecule has 0 unspecified atom stereocenters. The Hall–Kier alpha value is -2.82. The monoisotopic (exact) mass is 429 g/mol. The molecule has 1 aliphatic heterocycles. The molecule has 1 saturated heterocycles. The fourth-order valence-corrected chi connectivity index (χ4v) is 3.64. The fraction of sp³-hybridized carbons (Fsp3) is 0.389. The Kier molecular flexibility index (Phi) is 6.26. The van der Waals surface area contributed by atoms with Crippen LogP contribution in [0.25, 0.3) is 0 Å². The maximum atomic E-state index is 12.6. The van der Waals surface area contributed by atoms with E-state index in [4.69, 9.17) is 4.74 Å². The first-order chi connectivity index (χ1) is 13.7. The lowest BCUT2D eigenvalue weighted by atomic mass is 9.97. The zero-order valence-corrected chi connectivity index (χ0v) is 16.2. The average Bonchev–Trinajstić information content (AvgIpc) is 3.16. The number of hydrogen-bond acceptors (Lipinski definition) is 7. The van der Waals surface area contributed by atoms with Gasteiger partial charge in [0.1, 0.15) is 11.4 Å². The summed E-state index contributed by atoms with van der Waals surface area (Å²) in [5, 5.41) is 4.98. The van der Waals surface area contributed by atoms with Gasteiger partial charge in [0.15, 0.2) is 5.13 Å². The quantitative estimate of drug-likeness (QED) is 0.728. The van der Waals surface area contributed by atoms with Gasteiger partial charge < -0.3 is 19.7 Å². The second-order valence-corrected chi connectivity index (χ2v) is 7.18. The van der Waals surface area contributed by atoms with Gasteiger partial charge in [-0.1, -0.05) is 0 Å². The van der Waals surface area contributed by atoms with Crippen LogP contribution in [0.5, 0.6) is 5.75 Å². The number of aromatic nitrogens is 1. The van der Waals surface area contributed by atoms with Crippen molar-refractivity contribution in [1.29, 1.82) is 0 Å². The SMILES string of the molecule is COC(=O)C1CCN(C(=O)c2csc(Nc3ccc(OC(F)(F)F)cc3)n2)CC1. The molecule has 0 atom stereocenters. The van der Waals surface area contributed by atoms with E-state index >= 15 is 0 Å². The van der Waals surface area contributed by atoms with Crippen LogP contribution < -0.4 is 10.1 Å². The molecule has 156 valence electrons. The lowest BCUT2D eigenvalue weighted by Crippen LogP contribution is -2.40. The van der Waals surface area contributed by atoms with Gasteiger partial charge in [-0.25, -0.2) is 4.98 Å². The Bertz CT molecular complexity index is 862. The molecular weight excluding hydrogens is 411 g/mol. The van der Waals surface area contributed by atoms with Gasteiger partial charge in [0, 0.05) is 24.2 Å². The van der Waals surface area contributed by atoms with Crippen LogP contribution in [0.1, 0.15) is 23.3 Å². The highest BCUT2D eigenvalue weighted by Crippen LogP contribution is 2.27. The minimum atomic E-state index is -4.75. The predicted molar refractivity (Wildman–Crippen MR) is 99.2 cm³/mol. The van der Waals surface area contributed by atoms with E-state index in [1.54, 1.807) is 10.3 Å². The number of thiazole rings is 1. The fourth-order valence-electron chi connectivity index (χ4n) is 2.94. The molecule has 1 aromatic heterocycles. The molecule has 29 heavy (non-hydrogen) atoms. The van der Waals surface area contributed by atoms with Crippen LogP contribution in [-0.4, -0.2) is 48.3 Å². The molecule has 0 spiro atoms. The maximum absolute atomic E-state index is 12.6. The number of amides is 1. The van der Waals surface area contributed by atoms with E-state index in [0.717, 1.165) is 0 Å². The molecule has 1 amide bonds. The first kappa shape index (κ1) is 20.9. The molecule has 1 aliphatic rings. The molecule has 7 nitrogen and oxygen atoms in total. The molecule has 0 bridgehead atoms. The van der Waals surface area contributed by atoms with E-state index in [1.165, 1.54) is 42.7 Å². The number of esters is 1. The van der Waals surface area contributed by atoms with Crippen molar-refractivity contribution in [3.05, 3.63) is 35.3 Å². The van der Waals surface area contributed by atoms with Crippen molar-refractivity contribution in [2.45, 2.75) is 19.2 Å². The summed E-state index contributed by atoms with van der Waals surface area (Å²) in [6, 6.07) is 5.20. The summed E-state index contributed by atoms with van der Waals surface area (Å²) in [5.74, 6) is -1.01. The van der Waals surface area contributed by atoms with Crippen molar-refractivity contribution < 1.29 is 32.2 Å². The summed E-state index contributed by atoms with van der Waals surface area (Å²) in [6.07, 6.45) is -3.66. The third-order valence-electron chi connectivity index (χ3n) is 4.38. The number of nitrogens with zero attached hydrogens (tertiary/aromatic N) is 2. The van der Waals surface area contributed by atoms with Crippen LogP contribution in [0, 0.1) is 5.92 Å². The number of anilines is 2. The summed E-state index contributed by atoms with van der Waals surface area (Å²) in [6.45, 7) is 0.888. The van der Waals surface area contributed by atoms with Crippen LogP contribution >= 0.6 is 11.3 Å². The third-order valence-corrected chi connectivity index (χ3v) is 5.14. The second kappa shape index (κ2) is 8.68. The number of rotatable bonds is 5. The average molecular weight is 429 g/mol. The van der Waals surface area contributed by atoms with Crippen LogP contribution in [-0.2, 0) is 9.53 Å². The van der Waals surface area contributed by atoms with Crippen molar-refractivity contribution in [3.63, 3.8) is 0 Å². The van der Waals surface area contributed by atoms with Crippen molar-refractivity contribution in [3.8, 4) is 5.75 Å². The highest BCUT2D eigenvalue weighted by atomic mass is 32.1. The second-order valence-electron chi connectivity index (χ2n) is 6.32. The number of carbonyl (C=O) groups excluding carboxylic acids is 2. The molecule has 3 rings (SSSR count). The number of methoxy groups -OCH3 is 1. The highest BCUT2D eigenvalue weighted by molar-refractivity contribution is 7.14. The number of likely N-dealkylation sites (tertiary alicyclic amines) is 1. The van der Waals surface area contributed by atoms with Crippen LogP contribution in [0.15, 0.2) is 29.6 Å². The largest absolute Gasteiger partial charge is 0.573 e. The summed E-state index contributed by atoms with van der Waals surface area (Å²) in [7, 11) is 1.35. The van der Waals surface area contributed by atoms with Crippen molar-refractivity contribution in [2.24, 2.45) is 5.92 Å². The van der Waals surface area contributed by atoms with Crippen LogP contribution in [0.2, 0.25) is 0 Å². The molecule has 11 heteroatoms. The Balaban J connectivity index is 1.57. The van der Waals surface area contributed by atoms with Crippen molar-refractivity contribution in [1.82, 2.24) is 9.88 Å². The number of alkyl halides is 3. The van der Waals surface area contributed by atoms with E-state index in [-0.39, 0.29) is 29.2 Å². The molecule has 0 saturated carbocycles. The molecule has 0 aliphatic carbocycles. The lowest BCUT2D eigenvalue weighted by Gasteiger charge is -2.30. The number of halogens is 3. The first-order valence-electron chi connectivity index (χ1n) is 8.70. The maximum Gasteiger partial charge on any atom is 0.573 e. The molecule has 0 radical (unpaired) electrons. The number of carbonyl (C=O) groups is 2. The van der Waals surface area contributed by atoms with Crippen molar-refractivity contribution >= 4 is 34.0 Å². The first-order valence-corrected chi connectivity index (χ1v) is 9.58. The molecule has 2 heterocycles. The predicted octanol–water partition coefficient (Wildman–Crippen LogP) is 3.81. The Labute approximate surface area is 168 Å². The summed E-state index contributed by atoms with van der Waals surface area (Å²) in [5.41, 5.74) is 0.776. The number of hydrogen-bond donors (Lipinski definition) is 1. The molecule has 1 aromatic carbocycles. The van der Waals surface area contributed by atoms with Gasteiger partial charge in [0.25, 0.3) is 5.91 Å². The van der Waals surface area contributed by atoms with E-state index in [0.29, 0.717) is 36.8 Å². The number of piperidine rings is 1. The normalized spacial score (nSPS) is 15.1. The number of benzene rings is 1. The lowest BCUT2D eigenvalue weighted by molar-refractivity contribution is -0.274. The summed E-state index contributed by atoms with van der Waals surface area (Å²) >= 11 is 1.20. The van der Waals surface area contributed by atoms with Gasteiger partial charge >= 0.3 is 12.3 Å². The van der Waals surface area contributed by atoms with Gasteiger partial charge in [0.2, 0.25) is 0 Å². The summed E-state index contributed by atoms with van der Waals surface area (Å²) < 4.78 is 45.1. The van der Waals surface area contributed by atoms with Crippen LogP contribution in [0.4, 0.5) is 24.0 Å². The van der Waals surface area contributed by atoms with Crippen LogP contribution in [0.3, 0.4) is 0 Å². The highest BCUT2D eigenvalue weighted by Gasteiger charge is 2.31. The van der Waals surface area contributed by atoms with E-state index in [1.807, 2.05) is 0 Å². The topological polar surface area (TPSA) is 80.8 Å². The standard InChI is InChI=1S/C18H18F3N3O4S/c1-27-16(26)11-6-8-24(9-7-11)15(25)14-10-29-17(23-14)22-12-2-4-13(5-3-12)28-18(19,20)21/h2-5,10-11H,6-9H2,1H3,(H,22,23). The Morgan fingerprint density at radius 2 is 1.86 bits per heavy atom. The van der Waals surface area contributed by atoms with E-state index in [2.05, 4.69) is 15.0 Å². The molecular formula is C18H18F3N3O4S. The summed E-state index contributed by atoms with van der Waals surface area (Å²) in [4.78, 5) is 30.1. The van der Waals surface area contributed by atoms with E-state index in [9.17, 15) is 22.8 Å². The smallest absolute Gasteiger partial charge is 0.469 e.